The number of nitrogens with zero attached hydrogens (tertiary/aromatic N) is 3. The number of anilines is 1. The molecular weight excluding hydrogens is 298 g/mol. The molecule has 1 aromatic heterocycles. The van der Waals surface area contributed by atoms with Gasteiger partial charge in [0.05, 0.1) is 24.0 Å². The van der Waals surface area contributed by atoms with Gasteiger partial charge in [-0.2, -0.15) is 0 Å². The number of methoxy groups -OCH3 is 1. The van der Waals surface area contributed by atoms with Crippen LogP contribution in [0.25, 0.3) is 0 Å². The first-order valence-electron chi connectivity index (χ1n) is 7.28. The van der Waals surface area contributed by atoms with Gasteiger partial charge in [-0.3, -0.25) is 4.79 Å². The molecule has 1 amide bonds. The number of aryl methyl sites for hydroxylation is 1. The van der Waals surface area contributed by atoms with E-state index in [-0.39, 0.29) is 5.91 Å². The smallest absolute Gasteiger partial charge is 0.265 e. The average molecular weight is 317 g/mol. The number of rotatable bonds is 3. The van der Waals surface area contributed by atoms with Crippen LogP contribution in [0.4, 0.5) is 5.69 Å². The highest BCUT2D eigenvalue weighted by molar-refractivity contribution is 7.11. The van der Waals surface area contributed by atoms with Crippen LogP contribution >= 0.6 is 11.3 Å². The van der Waals surface area contributed by atoms with Crippen LogP contribution in [0.2, 0.25) is 0 Å². The van der Waals surface area contributed by atoms with Crippen molar-refractivity contribution in [2.24, 2.45) is 0 Å². The number of aromatic nitrogens is 1. The minimum atomic E-state index is 0.0969. The van der Waals surface area contributed by atoms with Gasteiger partial charge in [-0.05, 0) is 19.1 Å². The zero-order valence-electron chi connectivity index (χ0n) is 12.8. The highest BCUT2D eigenvalue weighted by atomic mass is 32.1. The maximum Gasteiger partial charge on any atom is 0.265 e. The summed E-state index contributed by atoms with van der Waals surface area (Å²) < 4.78 is 5.42. The summed E-state index contributed by atoms with van der Waals surface area (Å²) >= 11 is 1.42. The minimum Gasteiger partial charge on any atom is -0.495 e. The molecule has 116 valence electrons. The molecule has 1 saturated heterocycles. The molecule has 0 saturated carbocycles. The lowest BCUT2D eigenvalue weighted by atomic mass is 10.2. The second-order valence-electron chi connectivity index (χ2n) is 5.22. The van der Waals surface area contributed by atoms with Crippen molar-refractivity contribution in [3.8, 4) is 5.75 Å². The van der Waals surface area contributed by atoms with Crippen molar-refractivity contribution in [3.63, 3.8) is 0 Å². The van der Waals surface area contributed by atoms with E-state index in [2.05, 4.69) is 16.0 Å². The largest absolute Gasteiger partial charge is 0.495 e. The Morgan fingerprint density at radius 1 is 1.23 bits per heavy atom. The van der Waals surface area contributed by atoms with Crippen molar-refractivity contribution >= 4 is 22.9 Å². The highest BCUT2D eigenvalue weighted by Gasteiger charge is 2.25. The lowest BCUT2D eigenvalue weighted by Crippen LogP contribution is -2.48. The third-order valence-electron chi connectivity index (χ3n) is 3.93. The first kappa shape index (κ1) is 14.8. The molecule has 2 heterocycles. The van der Waals surface area contributed by atoms with E-state index in [0.717, 1.165) is 35.1 Å². The molecule has 0 radical (unpaired) electrons. The molecule has 0 unspecified atom stereocenters. The first-order valence-corrected chi connectivity index (χ1v) is 8.16. The second kappa shape index (κ2) is 6.36. The van der Waals surface area contributed by atoms with Crippen molar-refractivity contribution in [1.82, 2.24) is 9.88 Å². The summed E-state index contributed by atoms with van der Waals surface area (Å²) in [6.07, 6.45) is 0. The molecule has 6 heteroatoms. The quantitative estimate of drug-likeness (QED) is 0.872. The number of amides is 1. The van der Waals surface area contributed by atoms with Gasteiger partial charge in [0.15, 0.2) is 0 Å². The van der Waals surface area contributed by atoms with E-state index in [9.17, 15) is 4.79 Å². The second-order valence-corrected chi connectivity index (χ2v) is 6.07. The summed E-state index contributed by atoms with van der Waals surface area (Å²) in [5.41, 5.74) is 3.64. The van der Waals surface area contributed by atoms with Crippen LogP contribution in [-0.2, 0) is 0 Å². The number of ether oxygens (including phenoxy) is 1. The third kappa shape index (κ3) is 2.78. The van der Waals surface area contributed by atoms with Crippen LogP contribution in [-0.4, -0.2) is 49.1 Å². The monoisotopic (exact) mass is 317 g/mol. The van der Waals surface area contributed by atoms with Crippen LogP contribution in [0.5, 0.6) is 5.75 Å². The molecule has 5 nitrogen and oxygen atoms in total. The molecular formula is C16H19N3O2S. The fraction of sp³-hybridized carbons (Fsp3) is 0.375. The Morgan fingerprint density at radius 3 is 2.59 bits per heavy atom. The van der Waals surface area contributed by atoms with Crippen LogP contribution in [0.3, 0.4) is 0 Å². The number of para-hydroxylation sites is 2. The van der Waals surface area contributed by atoms with Crippen molar-refractivity contribution in [2.75, 3.05) is 38.2 Å². The average Bonchev–Trinajstić information content (AvgIpc) is 3.00. The number of hydrogen-bond donors (Lipinski definition) is 0. The predicted octanol–water partition coefficient (Wildman–Crippen LogP) is 2.42. The zero-order chi connectivity index (χ0) is 15.5. The SMILES string of the molecule is COc1ccccc1N1CCN(C(=O)c2scnc2C)CC1. The zero-order valence-corrected chi connectivity index (χ0v) is 13.6. The topological polar surface area (TPSA) is 45.7 Å². The Bertz CT molecular complexity index is 663. The predicted molar refractivity (Wildman–Crippen MR) is 88.0 cm³/mol. The van der Waals surface area contributed by atoms with Crippen LogP contribution in [0.15, 0.2) is 29.8 Å². The van der Waals surface area contributed by atoms with E-state index in [1.165, 1.54) is 11.3 Å². The fourth-order valence-corrected chi connectivity index (χ4v) is 3.46. The summed E-state index contributed by atoms with van der Waals surface area (Å²) in [5, 5.41) is 0. The number of carbonyl (C=O) groups is 1. The van der Waals surface area contributed by atoms with Gasteiger partial charge in [-0.25, -0.2) is 4.98 Å². The summed E-state index contributed by atoms with van der Waals surface area (Å²) in [6.45, 7) is 4.94. The number of thiazole rings is 1. The van der Waals surface area contributed by atoms with Gasteiger partial charge in [0.25, 0.3) is 5.91 Å². The Hall–Kier alpha value is -2.08. The van der Waals surface area contributed by atoms with Gasteiger partial charge in [-0.1, -0.05) is 12.1 Å². The van der Waals surface area contributed by atoms with Crippen molar-refractivity contribution in [2.45, 2.75) is 6.92 Å². The van der Waals surface area contributed by atoms with Crippen molar-refractivity contribution < 1.29 is 9.53 Å². The lowest BCUT2D eigenvalue weighted by molar-refractivity contribution is 0.0750. The summed E-state index contributed by atoms with van der Waals surface area (Å²) in [4.78, 5) is 21.6. The normalized spacial score (nSPS) is 15.0. The van der Waals surface area contributed by atoms with Crippen LogP contribution < -0.4 is 9.64 Å². The van der Waals surface area contributed by atoms with E-state index in [0.29, 0.717) is 13.1 Å². The molecule has 22 heavy (non-hydrogen) atoms. The van der Waals surface area contributed by atoms with Gasteiger partial charge >= 0.3 is 0 Å². The van der Waals surface area contributed by atoms with E-state index >= 15 is 0 Å². The number of piperazine rings is 1. The molecule has 0 aliphatic carbocycles. The summed E-state index contributed by atoms with van der Waals surface area (Å²) in [7, 11) is 1.69. The van der Waals surface area contributed by atoms with Crippen LogP contribution in [0, 0.1) is 6.92 Å². The van der Waals surface area contributed by atoms with E-state index in [4.69, 9.17) is 4.74 Å². The maximum absolute atomic E-state index is 12.5. The van der Waals surface area contributed by atoms with Crippen molar-refractivity contribution in [1.29, 1.82) is 0 Å². The van der Waals surface area contributed by atoms with Gasteiger partial charge in [0.2, 0.25) is 0 Å². The first-order chi connectivity index (χ1) is 10.7. The van der Waals surface area contributed by atoms with E-state index in [1.807, 2.05) is 30.0 Å². The number of carbonyl (C=O) groups excluding carboxylic acids is 1. The standard InChI is InChI=1S/C16H19N3O2S/c1-12-15(22-11-17-12)16(20)19-9-7-18(8-10-19)13-5-3-4-6-14(13)21-2/h3-6,11H,7-10H2,1-2H3. The Kier molecular flexibility index (Phi) is 4.29. The van der Waals surface area contributed by atoms with Gasteiger partial charge < -0.3 is 14.5 Å². The fourth-order valence-electron chi connectivity index (χ4n) is 2.69. The van der Waals surface area contributed by atoms with Crippen LogP contribution in [0.1, 0.15) is 15.4 Å². The summed E-state index contributed by atoms with van der Waals surface area (Å²) in [5.74, 6) is 0.972. The molecule has 1 aromatic carbocycles. The van der Waals surface area contributed by atoms with Gasteiger partial charge in [-0.15, -0.1) is 11.3 Å². The molecule has 2 aromatic rings. The molecule has 0 atom stereocenters. The Labute approximate surface area is 134 Å². The maximum atomic E-state index is 12.5. The third-order valence-corrected chi connectivity index (χ3v) is 4.85. The van der Waals surface area contributed by atoms with E-state index in [1.54, 1.807) is 12.6 Å². The molecule has 1 aliphatic heterocycles. The van der Waals surface area contributed by atoms with Crippen molar-refractivity contribution in [3.05, 3.63) is 40.3 Å². The highest BCUT2D eigenvalue weighted by Crippen LogP contribution is 2.28. The lowest BCUT2D eigenvalue weighted by Gasteiger charge is -2.36. The Balaban J connectivity index is 1.68. The van der Waals surface area contributed by atoms with E-state index < -0.39 is 0 Å². The molecule has 1 aliphatic rings. The molecule has 0 N–H and O–H groups in total. The number of benzene rings is 1. The van der Waals surface area contributed by atoms with Gasteiger partial charge in [0, 0.05) is 26.2 Å². The molecule has 0 spiro atoms. The van der Waals surface area contributed by atoms with Gasteiger partial charge in [0.1, 0.15) is 10.6 Å². The summed E-state index contributed by atoms with van der Waals surface area (Å²) in [6, 6.07) is 8.00. The number of hydrogen-bond acceptors (Lipinski definition) is 5. The Morgan fingerprint density at radius 2 is 1.95 bits per heavy atom. The minimum absolute atomic E-state index is 0.0969. The molecule has 1 fully saturated rings. The molecule has 3 rings (SSSR count). The molecule has 0 bridgehead atoms.